The molecule has 0 bridgehead atoms. The maximum Gasteiger partial charge on any atom is 0.169 e. The molecule has 2 aromatic rings. The predicted molar refractivity (Wildman–Crippen MR) is 100 cm³/mol. The number of thiocarbonyl (C=S) groups is 1. The Morgan fingerprint density at radius 1 is 1.08 bits per heavy atom. The van der Waals surface area contributed by atoms with Gasteiger partial charge in [0.2, 0.25) is 0 Å². The van der Waals surface area contributed by atoms with E-state index in [9.17, 15) is 0 Å². The molecule has 1 aromatic heterocycles. The topological polar surface area (TPSA) is 40.6 Å². The molecule has 2 heterocycles. The van der Waals surface area contributed by atoms with Crippen LogP contribution in [0.15, 0.2) is 48.8 Å². The van der Waals surface area contributed by atoms with Crippen molar-refractivity contribution >= 4 is 23.0 Å². The van der Waals surface area contributed by atoms with Crippen LogP contribution in [0.4, 0.5) is 5.69 Å². The normalized spacial score (nSPS) is 14.4. The first-order valence-corrected chi connectivity index (χ1v) is 8.48. The van der Waals surface area contributed by atoms with E-state index in [1.165, 1.54) is 11.3 Å². The fraction of sp³-hybridized carbons (Fsp3) is 0.333. The number of nitrogens with zero attached hydrogens (tertiary/aromatic N) is 3. The number of hydrogen-bond acceptors (Lipinski definition) is 4. The van der Waals surface area contributed by atoms with Crippen LogP contribution in [0, 0.1) is 0 Å². The number of pyridine rings is 1. The fourth-order valence-electron chi connectivity index (χ4n) is 2.76. The Labute approximate surface area is 148 Å². The maximum atomic E-state index is 5.54. The molecule has 0 saturated carbocycles. The number of aromatic nitrogens is 1. The van der Waals surface area contributed by atoms with Crippen molar-refractivity contribution in [2.75, 3.05) is 38.2 Å². The number of benzene rings is 1. The molecule has 3 rings (SSSR count). The molecule has 1 fully saturated rings. The third-order valence-corrected chi connectivity index (χ3v) is 4.60. The van der Waals surface area contributed by atoms with Gasteiger partial charge in [0.15, 0.2) is 5.11 Å². The highest BCUT2D eigenvalue weighted by molar-refractivity contribution is 7.80. The monoisotopic (exact) mass is 342 g/mol. The van der Waals surface area contributed by atoms with E-state index in [0.717, 1.165) is 43.6 Å². The first kappa shape index (κ1) is 16.5. The van der Waals surface area contributed by atoms with Crippen LogP contribution >= 0.6 is 12.2 Å². The lowest BCUT2D eigenvalue weighted by Gasteiger charge is -2.37. The second kappa shape index (κ2) is 7.97. The van der Waals surface area contributed by atoms with Crippen molar-refractivity contribution in [1.82, 2.24) is 15.2 Å². The number of piperazine rings is 1. The summed E-state index contributed by atoms with van der Waals surface area (Å²) in [5, 5.41) is 4.17. The molecule has 0 amide bonds. The molecule has 6 heteroatoms. The lowest BCUT2D eigenvalue weighted by Crippen LogP contribution is -2.51. The third kappa shape index (κ3) is 4.14. The largest absolute Gasteiger partial charge is 0.497 e. The molecule has 0 atom stereocenters. The molecule has 126 valence electrons. The zero-order chi connectivity index (χ0) is 16.8. The van der Waals surface area contributed by atoms with Crippen molar-refractivity contribution in [3.63, 3.8) is 0 Å². The van der Waals surface area contributed by atoms with Crippen LogP contribution in [0.3, 0.4) is 0 Å². The van der Waals surface area contributed by atoms with E-state index < -0.39 is 0 Å². The summed E-state index contributed by atoms with van der Waals surface area (Å²) < 4.78 is 5.17. The van der Waals surface area contributed by atoms with Crippen LogP contribution in [0.2, 0.25) is 0 Å². The van der Waals surface area contributed by atoms with Crippen molar-refractivity contribution in [2.24, 2.45) is 0 Å². The molecule has 0 spiro atoms. The first-order chi connectivity index (χ1) is 11.8. The van der Waals surface area contributed by atoms with Gasteiger partial charge < -0.3 is 19.9 Å². The Kier molecular flexibility index (Phi) is 5.48. The third-order valence-electron chi connectivity index (χ3n) is 4.20. The molecular weight excluding hydrogens is 320 g/mol. The van der Waals surface area contributed by atoms with Crippen molar-refractivity contribution in [3.05, 3.63) is 54.4 Å². The van der Waals surface area contributed by atoms with Crippen molar-refractivity contribution in [3.8, 4) is 5.75 Å². The minimum atomic E-state index is 0.730. The Balaban J connectivity index is 1.46. The van der Waals surface area contributed by atoms with Gasteiger partial charge in [-0.25, -0.2) is 0 Å². The fourth-order valence-corrected chi connectivity index (χ4v) is 3.01. The zero-order valence-corrected chi connectivity index (χ0v) is 14.6. The van der Waals surface area contributed by atoms with Crippen molar-refractivity contribution < 1.29 is 4.74 Å². The molecule has 1 aliphatic heterocycles. The number of hydrogen-bond donors (Lipinski definition) is 1. The van der Waals surface area contributed by atoms with Crippen LogP contribution in [0.25, 0.3) is 0 Å². The highest BCUT2D eigenvalue weighted by atomic mass is 32.1. The quantitative estimate of drug-likeness (QED) is 0.860. The van der Waals surface area contributed by atoms with Gasteiger partial charge in [-0.15, -0.1) is 0 Å². The molecule has 0 unspecified atom stereocenters. The smallest absolute Gasteiger partial charge is 0.169 e. The molecule has 0 aliphatic carbocycles. The van der Waals surface area contributed by atoms with Crippen LogP contribution in [-0.4, -0.2) is 48.3 Å². The molecule has 1 saturated heterocycles. The molecule has 1 N–H and O–H groups in total. The Morgan fingerprint density at radius 3 is 2.38 bits per heavy atom. The van der Waals surface area contributed by atoms with Gasteiger partial charge in [0.05, 0.1) is 7.11 Å². The number of nitrogens with one attached hydrogen (secondary N) is 1. The summed E-state index contributed by atoms with van der Waals surface area (Å²) in [6.07, 6.45) is 3.67. The van der Waals surface area contributed by atoms with Gasteiger partial charge >= 0.3 is 0 Å². The van der Waals surface area contributed by atoms with E-state index in [1.807, 2.05) is 24.5 Å². The summed E-state index contributed by atoms with van der Waals surface area (Å²) >= 11 is 5.54. The highest BCUT2D eigenvalue weighted by Crippen LogP contribution is 2.15. The summed E-state index contributed by atoms with van der Waals surface area (Å²) in [5.74, 6) is 0.869. The Morgan fingerprint density at radius 2 is 1.75 bits per heavy atom. The number of anilines is 1. The minimum absolute atomic E-state index is 0.730. The average Bonchev–Trinajstić information content (AvgIpc) is 2.67. The highest BCUT2D eigenvalue weighted by Gasteiger charge is 2.18. The maximum absolute atomic E-state index is 5.54. The van der Waals surface area contributed by atoms with E-state index in [1.54, 1.807) is 7.11 Å². The van der Waals surface area contributed by atoms with Gasteiger partial charge in [-0.1, -0.05) is 12.1 Å². The molecular formula is C18H22N4OS. The second-order valence-corrected chi connectivity index (χ2v) is 6.07. The van der Waals surface area contributed by atoms with E-state index in [-0.39, 0.29) is 0 Å². The molecule has 1 aromatic carbocycles. The predicted octanol–water partition coefficient (Wildman–Crippen LogP) is 2.29. The van der Waals surface area contributed by atoms with E-state index in [2.05, 4.69) is 44.4 Å². The standard InChI is InChI=1S/C18H22N4OS/c1-23-17-4-2-15(3-5-17)14-20-18(24)22-12-10-21(11-13-22)16-6-8-19-9-7-16/h2-9H,10-14H2,1H3,(H,20,24). The molecule has 24 heavy (non-hydrogen) atoms. The summed E-state index contributed by atoms with van der Waals surface area (Å²) in [7, 11) is 1.67. The van der Waals surface area contributed by atoms with Gasteiger partial charge in [-0.2, -0.15) is 0 Å². The van der Waals surface area contributed by atoms with Gasteiger partial charge in [0.25, 0.3) is 0 Å². The van der Waals surface area contributed by atoms with E-state index >= 15 is 0 Å². The van der Waals surface area contributed by atoms with Crippen LogP contribution in [-0.2, 0) is 6.54 Å². The first-order valence-electron chi connectivity index (χ1n) is 8.07. The van der Waals surface area contributed by atoms with Crippen molar-refractivity contribution in [2.45, 2.75) is 6.54 Å². The minimum Gasteiger partial charge on any atom is -0.497 e. The van der Waals surface area contributed by atoms with Gasteiger partial charge in [-0.3, -0.25) is 4.98 Å². The zero-order valence-electron chi connectivity index (χ0n) is 13.8. The summed E-state index contributed by atoms with van der Waals surface area (Å²) in [5.41, 5.74) is 2.41. The molecule has 5 nitrogen and oxygen atoms in total. The number of ether oxygens (including phenoxy) is 1. The molecule has 0 radical (unpaired) electrons. The van der Waals surface area contributed by atoms with E-state index in [0.29, 0.717) is 0 Å². The number of methoxy groups -OCH3 is 1. The summed E-state index contributed by atoms with van der Waals surface area (Å²) in [6.45, 7) is 4.52. The van der Waals surface area contributed by atoms with Crippen LogP contribution < -0.4 is 15.0 Å². The van der Waals surface area contributed by atoms with Crippen LogP contribution in [0.1, 0.15) is 5.56 Å². The van der Waals surface area contributed by atoms with Crippen LogP contribution in [0.5, 0.6) is 5.75 Å². The summed E-state index contributed by atoms with van der Waals surface area (Å²) in [4.78, 5) is 8.67. The second-order valence-electron chi connectivity index (χ2n) is 5.69. The Bertz CT molecular complexity index is 654. The number of rotatable bonds is 4. The van der Waals surface area contributed by atoms with Gasteiger partial charge in [0, 0.05) is 50.8 Å². The van der Waals surface area contributed by atoms with E-state index in [4.69, 9.17) is 17.0 Å². The Hall–Kier alpha value is -2.34. The SMILES string of the molecule is COc1ccc(CNC(=S)N2CCN(c3ccncc3)CC2)cc1. The van der Waals surface area contributed by atoms with Crippen molar-refractivity contribution in [1.29, 1.82) is 0 Å². The lowest BCUT2D eigenvalue weighted by molar-refractivity contribution is 0.380. The van der Waals surface area contributed by atoms with Gasteiger partial charge in [-0.05, 0) is 42.0 Å². The lowest BCUT2D eigenvalue weighted by atomic mass is 10.2. The summed E-state index contributed by atoms with van der Waals surface area (Å²) in [6, 6.07) is 12.1. The molecule has 1 aliphatic rings. The average molecular weight is 342 g/mol. The van der Waals surface area contributed by atoms with Gasteiger partial charge in [0.1, 0.15) is 5.75 Å².